The van der Waals surface area contributed by atoms with Crippen LogP contribution in [0.25, 0.3) is 0 Å². The summed E-state index contributed by atoms with van der Waals surface area (Å²) < 4.78 is 25.2. The maximum Gasteiger partial charge on any atom is 0.230 e. The van der Waals surface area contributed by atoms with E-state index >= 15 is 0 Å². The Hall–Kier alpha value is -2.44. The number of ether oxygens (including phenoxy) is 2. The largest absolute Gasteiger partial charge is 0.497 e. The van der Waals surface area contributed by atoms with Crippen LogP contribution in [0, 0.1) is 5.82 Å². The number of carbonyl (C=O) groups excluding carboxylic acids is 1. The number of nitrogens with zero attached hydrogens (tertiary/aromatic N) is 1. The van der Waals surface area contributed by atoms with Crippen LogP contribution < -0.4 is 10.1 Å². The second kappa shape index (κ2) is 8.51. The molecule has 1 saturated heterocycles. The van der Waals surface area contributed by atoms with E-state index in [9.17, 15) is 9.18 Å². The molecule has 0 bridgehead atoms. The second-order valence-corrected chi connectivity index (χ2v) is 7.71. The zero-order valence-electron chi connectivity index (χ0n) is 16.7. The molecule has 1 saturated carbocycles. The molecular formula is C23H27FN2O3. The molecule has 0 aromatic heterocycles. The molecule has 2 fully saturated rings. The van der Waals surface area contributed by atoms with E-state index in [2.05, 4.69) is 16.3 Å². The van der Waals surface area contributed by atoms with Gasteiger partial charge >= 0.3 is 0 Å². The third-order valence-corrected chi connectivity index (χ3v) is 6.00. The number of hydrogen-bond acceptors (Lipinski definition) is 4. The van der Waals surface area contributed by atoms with Crippen LogP contribution in [-0.4, -0.2) is 50.8 Å². The number of rotatable bonds is 7. The molecule has 1 unspecified atom stereocenters. The molecule has 1 amide bonds. The number of benzene rings is 2. The van der Waals surface area contributed by atoms with Crippen LogP contribution in [-0.2, 0) is 14.9 Å². The van der Waals surface area contributed by atoms with Crippen molar-refractivity contribution in [1.29, 1.82) is 0 Å². The van der Waals surface area contributed by atoms with Crippen molar-refractivity contribution in [3.05, 3.63) is 65.5 Å². The summed E-state index contributed by atoms with van der Waals surface area (Å²) in [5.74, 6) is 0.388. The van der Waals surface area contributed by atoms with Crippen molar-refractivity contribution in [2.45, 2.75) is 24.3 Å². The third-order valence-electron chi connectivity index (χ3n) is 6.00. The Morgan fingerprint density at radius 3 is 2.66 bits per heavy atom. The molecule has 4 rings (SSSR count). The summed E-state index contributed by atoms with van der Waals surface area (Å²) in [6, 6.07) is 14.5. The predicted molar refractivity (Wildman–Crippen MR) is 108 cm³/mol. The lowest BCUT2D eigenvalue weighted by Gasteiger charge is -2.35. The fourth-order valence-electron chi connectivity index (χ4n) is 4.15. The number of methoxy groups -OCH3 is 1. The zero-order chi connectivity index (χ0) is 20.3. The van der Waals surface area contributed by atoms with Crippen LogP contribution in [0.2, 0.25) is 0 Å². The Kier molecular flexibility index (Phi) is 5.83. The Morgan fingerprint density at radius 2 is 1.97 bits per heavy atom. The number of carbonyl (C=O) groups is 1. The topological polar surface area (TPSA) is 50.8 Å². The van der Waals surface area contributed by atoms with E-state index in [-0.39, 0.29) is 17.8 Å². The summed E-state index contributed by atoms with van der Waals surface area (Å²) in [6.07, 6.45) is 1.36. The van der Waals surface area contributed by atoms with Crippen molar-refractivity contribution >= 4 is 5.91 Å². The minimum atomic E-state index is -0.727. The monoisotopic (exact) mass is 398 g/mol. The molecule has 1 heterocycles. The fourth-order valence-corrected chi connectivity index (χ4v) is 4.15. The molecular weight excluding hydrogens is 371 g/mol. The van der Waals surface area contributed by atoms with Crippen LogP contribution in [0.1, 0.15) is 30.0 Å². The number of morpholine rings is 1. The number of nitrogens with one attached hydrogen (secondary N) is 1. The minimum Gasteiger partial charge on any atom is -0.497 e. The van der Waals surface area contributed by atoms with Crippen molar-refractivity contribution in [2.75, 3.05) is 40.0 Å². The Balaban J connectivity index is 1.52. The number of halogens is 1. The van der Waals surface area contributed by atoms with E-state index in [1.54, 1.807) is 25.3 Å². The number of hydrogen-bond donors (Lipinski definition) is 1. The third kappa shape index (κ3) is 4.14. The van der Waals surface area contributed by atoms with Crippen LogP contribution in [0.15, 0.2) is 48.5 Å². The van der Waals surface area contributed by atoms with Gasteiger partial charge in [0.25, 0.3) is 0 Å². The van der Waals surface area contributed by atoms with E-state index in [1.807, 2.05) is 18.2 Å². The van der Waals surface area contributed by atoms with Crippen LogP contribution >= 0.6 is 0 Å². The van der Waals surface area contributed by atoms with Gasteiger partial charge in [-0.2, -0.15) is 0 Å². The fraction of sp³-hybridized carbons (Fsp3) is 0.435. The summed E-state index contributed by atoms with van der Waals surface area (Å²) in [5.41, 5.74) is 0.860. The summed E-state index contributed by atoms with van der Waals surface area (Å²) in [7, 11) is 1.65. The first-order valence-corrected chi connectivity index (χ1v) is 10.1. The molecule has 154 valence electrons. The van der Waals surface area contributed by atoms with E-state index in [0.29, 0.717) is 38.2 Å². The van der Waals surface area contributed by atoms with Gasteiger partial charge in [-0.1, -0.05) is 30.3 Å². The second-order valence-electron chi connectivity index (χ2n) is 7.71. The Morgan fingerprint density at radius 1 is 1.21 bits per heavy atom. The van der Waals surface area contributed by atoms with Gasteiger partial charge in [0.2, 0.25) is 5.91 Å². The average Bonchev–Trinajstić information content (AvgIpc) is 3.57. The lowest BCUT2D eigenvalue weighted by atomic mass is 9.94. The first kappa shape index (κ1) is 19.9. The average molecular weight is 398 g/mol. The molecule has 0 radical (unpaired) electrons. The van der Waals surface area contributed by atoms with Crippen molar-refractivity contribution in [1.82, 2.24) is 10.2 Å². The molecule has 2 aromatic carbocycles. The maximum atomic E-state index is 14.3. The van der Waals surface area contributed by atoms with Gasteiger partial charge in [-0.3, -0.25) is 9.69 Å². The highest BCUT2D eigenvalue weighted by Crippen LogP contribution is 2.49. The molecule has 1 aliphatic carbocycles. The van der Waals surface area contributed by atoms with Crippen LogP contribution in [0.5, 0.6) is 5.75 Å². The van der Waals surface area contributed by atoms with Crippen molar-refractivity contribution in [3.8, 4) is 5.75 Å². The van der Waals surface area contributed by atoms with Gasteiger partial charge in [0.05, 0.1) is 31.8 Å². The highest BCUT2D eigenvalue weighted by molar-refractivity contribution is 5.91. The predicted octanol–water partition coefficient (Wildman–Crippen LogP) is 3.06. The van der Waals surface area contributed by atoms with Crippen molar-refractivity contribution in [3.63, 3.8) is 0 Å². The van der Waals surface area contributed by atoms with E-state index in [0.717, 1.165) is 24.4 Å². The maximum absolute atomic E-state index is 14.3. The molecule has 29 heavy (non-hydrogen) atoms. The highest BCUT2D eigenvalue weighted by atomic mass is 19.1. The van der Waals surface area contributed by atoms with Crippen molar-refractivity contribution < 1.29 is 18.7 Å². The lowest BCUT2D eigenvalue weighted by Crippen LogP contribution is -2.45. The van der Waals surface area contributed by atoms with E-state index < -0.39 is 5.41 Å². The van der Waals surface area contributed by atoms with Gasteiger partial charge in [-0.15, -0.1) is 0 Å². The molecule has 2 aromatic rings. The quantitative estimate of drug-likeness (QED) is 0.779. The normalized spacial score (nSPS) is 19.4. The first-order valence-electron chi connectivity index (χ1n) is 10.1. The van der Waals surface area contributed by atoms with Crippen LogP contribution in [0.3, 0.4) is 0 Å². The van der Waals surface area contributed by atoms with Crippen LogP contribution in [0.4, 0.5) is 4.39 Å². The molecule has 0 spiro atoms. The molecule has 1 N–H and O–H groups in total. The van der Waals surface area contributed by atoms with E-state index in [1.165, 1.54) is 6.07 Å². The smallest absolute Gasteiger partial charge is 0.230 e. The minimum absolute atomic E-state index is 0.00868. The van der Waals surface area contributed by atoms with Gasteiger partial charge < -0.3 is 14.8 Å². The Bertz CT molecular complexity index is 863. The summed E-state index contributed by atoms with van der Waals surface area (Å²) in [5, 5.41) is 3.12. The summed E-state index contributed by atoms with van der Waals surface area (Å²) in [4.78, 5) is 15.4. The van der Waals surface area contributed by atoms with Crippen molar-refractivity contribution in [2.24, 2.45) is 0 Å². The van der Waals surface area contributed by atoms with Gasteiger partial charge in [-0.05, 0) is 36.6 Å². The molecule has 1 atom stereocenters. The standard InChI is InChI=1S/C23H27FN2O3/c1-28-18-6-4-5-17(15-18)21(26-11-13-29-14-12-26)16-25-22(27)23(9-10-23)19-7-2-3-8-20(19)24/h2-8,15,21H,9-14,16H2,1H3,(H,25,27). The zero-order valence-corrected chi connectivity index (χ0v) is 16.7. The molecule has 2 aliphatic rings. The Labute approximate surface area is 170 Å². The van der Waals surface area contributed by atoms with Gasteiger partial charge in [0, 0.05) is 25.2 Å². The molecule has 1 aliphatic heterocycles. The summed E-state index contributed by atoms with van der Waals surface area (Å²) >= 11 is 0. The van der Waals surface area contributed by atoms with Gasteiger partial charge in [0.1, 0.15) is 11.6 Å². The number of amides is 1. The SMILES string of the molecule is COc1cccc(C(CNC(=O)C2(c3ccccc3F)CC2)N2CCOCC2)c1. The molecule has 5 nitrogen and oxygen atoms in total. The summed E-state index contributed by atoms with van der Waals surface area (Å²) in [6.45, 7) is 3.41. The first-order chi connectivity index (χ1) is 14.1. The van der Waals surface area contributed by atoms with E-state index in [4.69, 9.17) is 9.47 Å². The van der Waals surface area contributed by atoms with Gasteiger partial charge in [0.15, 0.2) is 0 Å². The van der Waals surface area contributed by atoms with Gasteiger partial charge in [-0.25, -0.2) is 4.39 Å². The molecule has 6 heteroatoms. The lowest BCUT2D eigenvalue weighted by molar-refractivity contribution is -0.124. The highest BCUT2D eigenvalue weighted by Gasteiger charge is 2.52.